The van der Waals surface area contributed by atoms with E-state index in [1.807, 2.05) is 24.5 Å². The zero-order valence-corrected chi connectivity index (χ0v) is 7.07. The van der Waals surface area contributed by atoms with E-state index in [1.165, 1.54) is 0 Å². The van der Waals surface area contributed by atoms with Crippen LogP contribution in [0.2, 0.25) is 0 Å². The average molecular weight is 168 g/mol. The molecule has 1 unspecified atom stereocenters. The number of thioether (sulfide) groups is 1. The second-order valence-electron chi connectivity index (χ2n) is 2.98. The van der Waals surface area contributed by atoms with Gasteiger partial charge in [-0.05, 0) is 18.4 Å². The predicted octanol–water partition coefficient (Wildman–Crippen LogP) is 3.05. The van der Waals surface area contributed by atoms with Gasteiger partial charge in [0.05, 0.1) is 4.75 Å². The van der Waals surface area contributed by atoms with Crippen molar-refractivity contribution in [3.63, 3.8) is 0 Å². The molecule has 2 heteroatoms. The molecule has 0 radical (unpaired) electrons. The van der Waals surface area contributed by atoms with Gasteiger partial charge in [-0.1, -0.05) is 18.2 Å². The Bertz CT molecular complexity index is 265. The van der Waals surface area contributed by atoms with E-state index in [4.69, 9.17) is 0 Å². The molecule has 0 aromatic heterocycles. The number of allylic oxidation sites excluding steroid dienone is 4. The van der Waals surface area contributed by atoms with Gasteiger partial charge < -0.3 is 0 Å². The van der Waals surface area contributed by atoms with Crippen molar-refractivity contribution < 1.29 is 4.39 Å². The maximum Gasteiger partial charge on any atom is 0.117 e. The summed E-state index contributed by atoms with van der Waals surface area (Å²) in [7, 11) is 0. The van der Waals surface area contributed by atoms with Crippen molar-refractivity contribution in [2.75, 3.05) is 0 Å². The summed E-state index contributed by atoms with van der Waals surface area (Å²) in [6.07, 6.45) is 7.43. The summed E-state index contributed by atoms with van der Waals surface area (Å²) in [4.78, 5) is 0. The molecule has 0 amide bonds. The highest BCUT2D eigenvalue weighted by molar-refractivity contribution is 8.03. The SMILES string of the molecule is C[C@@]12SC=CC1C=CC=C2F. The van der Waals surface area contributed by atoms with Crippen LogP contribution in [-0.4, -0.2) is 4.75 Å². The fourth-order valence-electron chi connectivity index (χ4n) is 1.42. The zero-order valence-electron chi connectivity index (χ0n) is 6.25. The summed E-state index contributed by atoms with van der Waals surface area (Å²) < 4.78 is 12.9. The van der Waals surface area contributed by atoms with E-state index in [-0.39, 0.29) is 16.5 Å². The average Bonchev–Trinajstić information content (AvgIpc) is 2.34. The Hall–Kier alpha value is -0.500. The lowest BCUT2D eigenvalue weighted by atomic mass is 9.88. The first-order chi connectivity index (χ1) is 5.23. The summed E-state index contributed by atoms with van der Waals surface area (Å²) in [5.74, 6) is 0.234. The maximum atomic E-state index is 13.3. The molecule has 0 aromatic carbocycles. The summed E-state index contributed by atoms with van der Waals surface area (Å²) in [5, 5.41) is 1.98. The zero-order chi connectivity index (χ0) is 7.90. The lowest BCUT2D eigenvalue weighted by Crippen LogP contribution is -2.27. The van der Waals surface area contributed by atoms with Crippen molar-refractivity contribution >= 4 is 11.8 Å². The van der Waals surface area contributed by atoms with E-state index in [0.29, 0.717) is 0 Å². The summed E-state index contributed by atoms with van der Waals surface area (Å²) in [6, 6.07) is 0. The molecular formula is C9H9FS. The highest BCUT2D eigenvalue weighted by Crippen LogP contribution is 2.48. The highest BCUT2D eigenvalue weighted by atomic mass is 32.2. The molecule has 1 aliphatic heterocycles. The molecule has 58 valence electrons. The minimum Gasteiger partial charge on any atom is -0.210 e. The van der Waals surface area contributed by atoms with Crippen LogP contribution in [0.1, 0.15) is 6.92 Å². The van der Waals surface area contributed by atoms with Crippen molar-refractivity contribution in [1.29, 1.82) is 0 Å². The molecule has 0 aromatic rings. The van der Waals surface area contributed by atoms with Crippen molar-refractivity contribution in [2.45, 2.75) is 11.7 Å². The quantitative estimate of drug-likeness (QED) is 0.535. The van der Waals surface area contributed by atoms with Gasteiger partial charge in [-0.25, -0.2) is 4.39 Å². The van der Waals surface area contributed by atoms with Crippen LogP contribution in [0.3, 0.4) is 0 Å². The van der Waals surface area contributed by atoms with Gasteiger partial charge >= 0.3 is 0 Å². The van der Waals surface area contributed by atoms with Crippen LogP contribution < -0.4 is 0 Å². The van der Waals surface area contributed by atoms with Gasteiger partial charge in [0.1, 0.15) is 5.83 Å². The van der Waals surface area contributed by atoms with Gasteiger partial charge in [0, 0.05) is 5.92 Å². The number of rotatable bonds is 0. The van der Waals surface area contributed by atoms with E-state index in [9.17, 15) is 4.39 Å². The Kier molecular flexibility index (Phi) is 1.46. The molecule has 0 saturated carbocycles. The van der Waals surface area contributed by atoms with E-state index in [0.717, 1.165) is 0 Å². The number of hydrogen-bond donors (Lipinski definition) is 0. The van der Waals surface area contributed by atoms with Gasteiger partial charge in [-0.2, -0.15) is 0 Å². The predicted molar refractivity (Wildman–Crippen MR) is 47.0 cm³/mol. The van der Waals surface area contributed by atoms with Crippen molar-refractivity contribution in [3.8, 4) is 0 Å². The summed E-state index contributed by atoms with van der Waals surface area (Å²) >= 11 is 1.56. The smallest absolute Gasteiger partial charge is 0.117 e. The minimum atomic E-state index is -0.339. The standard InChI is InChI=1S/C9H9FS/c1-9-7(5-6-11-9)3-2-4-8(9)10/h2-7H,1H3/t7?,9-/m1/s1. The van der Waals surface area contributed by atoms with E-state index in [2.05, 4.69) is 0 Å². The van der Waals surface area contributed by atoms with Crippen molar-refractivity contribution in [2.24, 2.45) is 5.92 Å². The number of halogens is 1. The summed E-state index contributed by atoms with van der Waals surface area (Å²) in [5.41, 5.74) is 0. The Morgan fingerprint density at radius 3 is 3.09 bits per heavy atom. The largest absolute Gasteiger partial charge is 0.210 e. The molecule has 2 rings (SSSR count). The van der Waals surface area contributed by atoms with Crippen LogP contribution in [0.4, 0.5) is 4.39 Å². The Morgan fingerprint density at radius 1 is 1.55 bits per heavy atom. The molecule has 11 heavy (non-hydrogen) atoms. The molecule has 2 atom stereocenters. The van der Waals surface area contributed by atoms with E-state index in [1.54, 1.807) is 23.9 Å². The van der Waals surface area contributed by atoms with E-state index < -0.39 is 0 Å². The van der Waals surface area contributed by atoms with Gasteiger partial charge in [0.15, 0.2) is 0 Å². The topological polar surface area (TPSA) is 0 Å². The highest BCUT2D eigenvalue weighted by Gasteiger charge is 2.40. The Balaban J connectivity index is 2.41. The van der Waals surface area contributed by atoms with Crippen molar-refractivity contribution in [1.82, 2.24) is 0 Å². The minimum absolute atomic E-state index is 0.0139. The lowest BCUT2D eigenvalue weighted by Gasteiger charge is -2.28. The Labute approximate surface area is 69.9 Å². The lowest BCUT2D eigenvalue weighted by molar-refractivity contribution is 0.482. The van der Waals surface area contributed by atoms with Crippen LogP contribution in [0, 0.1) is 5.92 Å². The third-order valence-corrected chi connectivity index (χ3v) is 3.52. The second kappa shape index (κ2) is 2.24. The van der Waals surface area contributed by atoms with Gasteiger partial charge in [-0.3, -0.25) is 0 Å². The van der Waals surface area contributed by atoms with Crippen LogP contribution in [0.25, 0.3) is 0 Å². The Morgan fingerprint density at radius 2 is 2.36 bits per heavy atom. The first-order valence-electron chi connectivity index (χ1n) is 3.62. The monoisotopic (exact) mass is 168 g/mol. The van der Waals surface area contributed by atoms with Crippen LogP contribution in [0.5, 0.6) is 0 Å². The molecule has 1 heterocycles. The van der Waals surface area contributed by atoms with Gasteiger partial charge in [-0.15, -0.1) is 11.8 Å². The van der Waals surface area contributed by atoms with Crippen LogP contribution in [-0.2, 0) is 0 Å². The first kappa shape index (κ1) is 7.17. The summed E-state index contributed by atoms with van der Waals surface area (Å²) in [6.45, 7) is 1.94. The number of hydrogen-bond acceptors (Lipinski definition) is 1. The third-order valence-electron chi connectivity index (χ3n) is 2.27. The fourth-order valence-corrected chi connectivity index (χ4v) is 2.44. The third kappa shape index (κ3) is 0.890. The first-order valence-corrected chi connectivity index (χ1v) is 4.50. The van der Waals surface area contributed by atoms with Crippen LogP contribution >= 0.6 is 11.8 Å². The molecular weight excluding hydrogens is 159 g/mol. The second-order valence-corrected chi connectivity index (χ2v) is 4.33. The molecule has 1 aliphatic carbocycles. The number of fused-ring (bicyclic) bond motifs is 1. The molecule has 0 N–H and O–H groups in total. The van der Waals surface area contributed by atoms with Crippen molar-refractivity contribution in [3.05, 3.63) is 35.5 Å². The molecule has 0 spiro atoms. The van der Waals surface area contributed by atoms with Gasteiger partial charge in [0.2, 0.25) is 0 Å². The fraction of sp³-hybridized carbons (Fsp3) is 0.333. The molecule has 0 saturated heterocycles. The molecule has 0 fully saturated rings. The maximum absolute atomic E-state index is 13.3. The molecule has 0 nitrogen and oxygen atoms in total. The molecule has 0 bridgehead atoms. The normalized spacial score (nSPS) is 40.5. The van der Waals surface area contributed by atoms with Crippen LogP contribution in [0.15, 0.2) is 35.5 Å². The molecule has 2 aliphatic rings. The van der Waals surface area contributed by atoms with E-state index >= 15 is 0 Å². The van der Waals surface area contributed by atoms with Gasteiger partial charge in [0.25, 0.3) is 0 Å².